The topological polar surface area (TPSA) is 111 Å². The summed E-state index contributed by atoms with van der Waals surface area (Å²) in [6.45, 7) is 5.74. The van der Waals surface area contributed by atoms with Crippen molar-refractivity contribution in [2.75, 3.05) is 0 Å². The Balaban J connectivity index is 1.94. The summed E-state index contributed by atoms with van der Waals surface area (Å²) in [5, 5.41) is 10.6. The van der Waals surface area contributed by atoms with Crippen molar-refractivity contribution in [3.8, 4) is 5.75 Å². The summed E-state index contributed by atoms with van der Waals surface area (Å²) in [6, 6.07) is 12.6. The Labute approximate surface area is 163 Å². The first kappa shape index (κ1) is 20.9. The Kier molecular flexibility index (Phi) is 7.08. The number of nitrogens with one attached hydrogen (secondary N) is 2. The number of ether oxygens (including phenoxy) is 1. The summed E-state index contributed by atoms with van der Waals surface area (Å²) in [6.07, 6.45) is 0.106. The first-order valence-corrected chi connectivity index (χ1v) is 8.93. The maximum absolute atomic E-state index is 12.2. The van der Waals surface area contributed by atoms with E-state index in [1.54, 1.807) is 13.0 Å². The first-order chi connectivity index (χ1) is 13.3. The molecular formula is C20H23N3O5. The molecule has 0 bridgehead atoms. The monoisotopic (exact) mass is 385 g/mol. The predicted molar refractivity (Wildman–Crippen MR) is 104 cm³/mol. The van der Waals surface area contributed by atoms with Crippen LogP contribution < -0.4 is 15.6 Å². The van der Waals surface area contributed by atoms with Gasteiger partial charge in [0, 0.05) is 17.7 Å². The number of nitro benzene ring substituents is 1. The van der Waals surface area contributed by atoms with Crippen LogP contribution in [0.5, 0.6) is 5.75 Å². The van der Waals surface area contributed by atoms with Crippen LogP contribution in [0.25, 0.3) is 0 Å². The molecule has 0 radical (unpaired) electrons. The lowest BCUT2D eigenvalue weighted by molar-refractivity contribution is -0.384. The third-order valence-electron chi connectivity index (χ3n) is 4.37. The Morgan fingerprint density at radius 3 is 2.32 bits per heavy atom. The minimum atomic E-state index is -0.831. The molecule has 28 heavy (non-hydrogen) atoms. The zero-order valence-corrected chi connectivity index (χ0v) is 16.0. The number of carbonyl (C=O) groups excluding carboxylic acids is 2. The minimum absolute atomic E-state index is 0.123. The van der Waals surface area contributed by atoms with E-state index in [2.05, 4.69) is 24.7 Å². The van der Waals surface area contributed by atoms with Crippen LogP contribution in [-0.4, -0.2) is 22.8 Å². The second kappa shape index (κ2) is 9.50. The van der Waals surface area contributed by atoms with E-state index in [-0.39, 0.29) is 17.2 Å². The Hall–Kier alpha value is -3.42. The van der Waals surface area contributed by atoms with Crippen LogP contribution in [0.2, 0.25) is 0 Å². The van der Waals surface area contributed by atoms with E-state index in [4.69, 9.17) is 4.74 Å². The van der Waals surface area contributed by atoms with Gasteiger partial charge in [-0.1, -0.05) is 32.0 Å². The Bertz CT molecular complexity index is 851. The highest BCUT2D eigenvalue weighted by Crippen LogP contribution is 2.29. The van der Waals surface area contributed by atoms with Gasteiger partial charge < -0.3 is 4.74 Å². The second-order valence-electron chi connectivity index (χ2n) is 6.35. The molecule has 8 heteroatoms. The van der Waals surface area contributed by atoms with Crippen LogP contribution in [0, 0.1) is 10.1 Å². The van der Waals surface area contributed by atoms with E-state index in [9.17, 15) is 19.7 Å². The van der Waals surface area contributed by atoms with Crippen molar-refractivity contribution in [2.45, 2.75) is 39.2 Å². The second-order valence-corrected chi connectivity index (χ2v) is 6.35. The molecule has 2 amide bonds. The molecule has 2 unspecified atom stereocenters. The molecule has 0 aromatic heterocycles. The van der Waals surface area contributed by atoms with E-state index in [1.807, 2.05) is 18.2 Å². The van der Waals surface area contributed by atoms with Crippen molar-refractivity contribution in [2.24, 2.45) is 0 Å². The van der Waals surface area contributed by atoms with Gasteiger partial charge in [-0.15, -0.1) is 0 Å². The van der Waals surface area contributed by atoms with E-state index in [0.29, 0.717) is 5.75 Å². The van der Waals surface area contributed by atoms with Crippen molar-refractivity contribution in [3.63, 3.8) is 0 Å². The van der Waals surface area contributed by atoms with Gasteiger partial charge in [-0.05, 0) is 43.0 Å². The highest BCUT2D eigenvalue weighted by molar-refractivity contribution is 5.95. The molecule has 2 aromatic rings. The zero-order chi connectivity index (χ0) is 20.7. The minimum Gasteiger partial charge on any atom is -0.481 e. The van der Waals surface area contributed by atoms with E-state index >= 15 is 0 Å². The van der Waals surface area contributed by atoms with Gasteiger partial charge >= 0.3 is 0 Å². The summed E-state index contributed by atoms with van der Waals surface area (Å²) in [7, 11) is 0. The molecule has 0 fully saturated rings. The van der Waals surface area contributed by atoms with Gasteiger partial charge in [-0.2, -0.15) is 0 Å². The van der Waals surface area contributed by atoms with E-state index in [1.165, 1.54) is 24.3 Å². The average Bonchev–Trinajstić information content (AvgIpc) is 2.71. The molecule has 0 saturated heterocycles. The third kappa shape index (κ3) is 5.29. The molecule has 0 spiro atoms. The Morgan fingerprint density at radius 1 is 1.07 bits per heavy atom. The molecule has 148 valence electrons. The number of hydrogen-bond donors (Lipinski definition) is 2. The summed E-state index contributed by atoms with van der Waals surface area (Å²) in [5.74, 6) is -0.195. The maximum Gasteiger partial charge on any atom is 0.279 e. The van der Waals surface area contributed by atoms with Crippen molar-refractivity contribution < 1.29 is 19.2 Å². The number of rotatable bonds is 7. The Morgan fingerprint density at radius 2 is 1.71 bits per heavy atom. The highest BCUT2D eigenvalue weighted by Gasteiger charge is 2.19. The lowest BCUT2D eigenvalue weighted by Gasteiger charge is -2.19. The first-order valence-electron chi connectivity index (χ1n) is 8.93. The number of para-hydroxylation sites is 1. The molecule has 0 aliphatic carbocycles. The predicted octanol–water partition coefficient (Wildman–Crippen LogP) is 3.34. The smallest absolute Gasteiger partial charge is 0.279 e. The highest BCUT2D eigenvalue weighted by atomic mass is 16.6. The fourth-order valence-electron chi connectivity index (χ4n) is 2.49. The van der Waals surface area contributed by atoms with Crippen LogP contribution in [-0.2, 0) is 4.79 Å². The number of hydrogen-bond acceptors (Lipinski definition) is 5. The lowest BCUT2D eigenvalue weighted by Crippen LogP contribution is -2.47. The summed E-state index contributed by atoms with van der Waals surface area (Å²) in [5.41, 5.74) is 5.65. The van der Waals surface area contributed by atoms with Crippen LogP contribution in [0.1, 0.15) is 49.0 Å². The van der Waals surface area contributed by atoms with Gasteiger partial charge in [0.05, 0.1) is 4.92 Å². The molecule has 2 aromatic carbocycles. The fraction of sp³-hybridized carbons (Fsp3) is 0.300. The van der Waals surface area contributed by atoms with Crippen molar-refractivity contribution in [3.05, 3.63) is 69.8 Å². The number of non-ortho nitro benzene ring substituents is 1. The summed E-state index contributed by atoms with van der Waals surface area (Å²) >= 11 is 0. The van der Waals surface area contributed by atoms with Gasteiger partial charge in [0.25, 0.3) is 17.5 Å². The molecule has 2 N–H and O–H groups in total. The van der Waals surface area contributed by atoms with Gasteiger partial charge in [-0.25, -0.2) is 0 Å². The fourth-order valence-corrected chi connectivity index (χ4v) is 2.49. The quantitative estimate of drug-likeness (QED) is 0.561. The van der Waals surface area contributed by atoms with Crippen LogP contribution in [0.15, 0.2) is 48.5 Å². The van der Waals surface area contributed by atoms with Crippen LogP contribution >= 0.6 is 0 Å². The SMILES string of the molecule is CCC(C)c1ccccc1OC(C)C(=O)NNC(=O)c1ccc([N+](=O)[O-])cc1. The third-order valence-corrected chi connectivity index (χ3v) is 4.37. The largest absolute Gasteiger partial charge is 0.481 e. The van der Waals surface area contributed by atoms with E-state index < -0.39 is 22.8 Å². The molecular weight excluding hydrogens is 362 g/mol. The number of amides is 2. The molecule has 0 aliphatic heterocycles. The molecule has 0 aliphatic rings. The molecule has 8 nitrogen and oxygen atoms in total. The number of nitro groups is 1. The molecule has 0 saturated carbocycles. The summed E-state index contributed by atoms with van der Waals surface area (Å²) in [4.78, 5) is 34.4. The van der Waals surface area contributed by atoms with E-state index in [0.717, 1.165) is 12.0 Å². The number of carbonyl (C=O) groups is 2. The normalized spacial score (nSPS) is 12.5. The van der Waals surface area contributed by atoms with Gasteiger partial charge in [0.15, 0.2) is 6.10 Å². The number of hydrazine groups is 1. The van der Waals surface area contributed by atoms with Crippen LogP contribution in [0.4, 0.5) is 5.69 Å². The van der Waals surface area contributed by atoms with Crippen molar-refractivity contribution in [1.82, 2.24) is 10.9 Å². The van der Waals surface area contributed by atoms with Crippen molar-refractivity contribution >= 4 is 17.5 Å². The molecule has 2 atom stereocenters. The zero-order valence-electron chi connectivity index (χ0n) is 16.0. The summed E-state index contributed by atoms with van der Waals surface area (Å²) < 4.78 is 5.77. The number of benzene rings is 2. The molecule has 0 heterocycles. The average molecular weight is 385 g/mol. The standard InChI is InChI=1S/C20H23N3O5/c1-4-13(2)17-7-5-6-8-18(17)28-14(3)19(24)21-22-20(25)15-9-11-16(12-10-15)23(26)27/h5-14H,4H2,1-3H3,(H,21,24)(H,22,25). The van der Waals surface area contributed by atoms with Crippen LogP contribution in [0.3, 0.4) is 0 Å². The van der Waals surface area contributed by atoms with Gasteiger partial charge in [-0.3, -0.25) is 30.6 Å². The van der Waals surface area contributed by atoms with Gasteiger partial charge in [0.1, 0.15) is 5.75 Å². The van der Waals surface area contributed by atoms with Gasteiger partial charge in [0.2, 0.25) is 0 Å². The lowest BCUT2D eigenvalue weighted by atomic mass is 9.98. The maximum atomic E-state index is 12.2. The molecule has 2 rings (SSSR count). The van der Waals surface area contributed by atoms with Crippen molar-refractivity contribution in [1.29, 1.82) is 0 Å². The number of nitrogens with zero attached hydrogens (tertiary/aromatic N) is 1.